The van der Waals surface area contributed by atoms with E-state index in [1.807, 2.05) is 0 Å². The predicted octanol–water partition coefficient (Wildman–Crippen LogP) is 2.92. The highest BCUT2D eigenvalue weighted by Gasteiger charge is 2.36. The molecule has 4 nitrogen and oxygen atoms in total. The van der Waals surface area contributed by atoms with E-state index in [1.54, 1.807) is 0 Å². The summed E-state index contributed by atoms with van der Waals surface area (Å²) in [6.45, 7) is -2.94. The molecule has 1 rings (SSSR count). The van der Waals surface area contributed by atoms with Gasteiger partial charge in [-0.05, 0) is 11.6 Å². The molecular weight excluding hydrogens is 350 g/mol. The molecule has 0 aliphatic carbocycles. The van der Waals surface area contributed by atoms with Crippen molar-refractivity contribution < 1.29 is 34.8 Å². The third-order valence-electron chi connectivity index (χ3n) is 2.60. The van der Waals surface area contributed by atoms with Gasteiger partial charge >= 0.3 is 12.4 Å². The topological polar surface area (TPSA) is 61.2 Å². The van der Waals surface area contributed by atoms with Crippen molar-refractivity contribution in [2.45, 2.75) is 18.1 Å². The average molecular weight is 360 g/mol. The maximum atomic E-state index is 12.6. The number of benzene rings is 1. The average Bonchev–Trinajstić information content (AvgIpc) is 2.35. The van der Waals surface area contributed by atoms with Crippen LogP contribution in [0.1, 0.15) is 11.1 Å². The van der Waals surface area contributed by atoms with Gasteiger partial charge in [-0.15, -0.1) is 0 Å². The highest BCUT2D eigenvalue weighted by Crippen LogP contribution is 2.30. The van der Waals surface area contributed by atoms with Gasteiger partial charge in [0.05, 0.1) is 17.4 Å². The third kappa shape index (κ3) is 6.07. The Morgan fingerprint density at radius 3 is 2.22 bits per heavy atom. The maximum absolute atomic E-state index is 12.6. The van der Waals surface area contributed by atoms with Crippen molar-refractivity contribution in [3.63, 3.8) is 0 Å². The Labute approximate surface area is 128 Å². The second-order valence-electron chi connectivity index (χ2n) is 4.50. The first kappa shape index (κ1) is 19.2. The summed E-state index contributed by atoms with van der Waals surface area (Å²) >= 11 is 0. The summed E-state index contributed by atoms with van der Waals surface area (Å²) in [5.74, 6) is -1.07. The fraction of sp³-hybridized carbons (Fsp3) is 0.417. The van der Waals surface area contributed by atoms with Crippen LogP contribution in [0.15, 0.2) is 24.3 Å². The Hall–Kier alpha value is -1.80. The molecule has 0 saturated carbocycles. The van der Waals surface area contributed by atoms with E-state index in [1.165, 1.54) is 6.07 Å². The Bertz CT molecular complexity index is 691. The molecule has 0 aromatic heterocycles. The minimum atomic E-state index is -4.88. The predicted molar refractivity (Wildman–Crippen MR) is 67.3 cm³/mol. The molecule has 0 heterocycles. The molecule has 0 aliphatic rings. The van der Waals surface area contributed by atoms with Crippen molar-refractivity contribution in [2.75, 3.05) is 13.1 Å². The molecule has 0 aliphatic heterocycles. The number of nitrogens with zero attached hydrogens (tertiary/aromatic N) is 2. The number of rotatable bonds is 5. The van der Waals surface area contributed by atoms with Crippen LogP contribution >= 0.6 is 0 Å². The summed E-state index contributed by atoms with van der Waals surface area (Å²) in [5, 5.41) is 8.44. The molecule has 0 bridgehead atoms. The van der Waals surface area contributed by atoms with Crippen LogP contribution in [0.2, 0.25) is 0 Å². The lowest BCUT2D eigenvalue weighted by atomic mass is 10.1. The molecular formula is C12H10F6N2O2S. The minimum Gasteiger partial charge on any atom is -0.212 e. The Morgan fingerprint density at radius 2 is 1.74 bits per heavy atom. The number of nitriles is 1. The lowest BCUT2D eigenvalue weighted by Gasteiger charge is -2.21. The third-order valence-corrected chi connectivity index (χ3v) is 4.34. The lowest BCUT2D eigenvalue weighted by molar-refractivity contribution is -0.137. The van der Waals surface area contributed by atoms with Gasteiger partial charge in [-0.2, -0.15) is 35.9 Å². The van der Waals surface area contributed by atoms with Gasteiger partial charge in [-0.25, -0.2) is 8.42 Å². The number of alkyl halides is 6. The molecule has 0 amide bonds. The van der Waals surface area contributed by atoms with Crippen molar-refractivity contribution in [1.29, 1.82) is 5.26 Å². The zero-order valence-corrected chi connectivity index (χ0v) is 12.1. The number of hydrogen-bond donors (Lipinski definition) is 0. The molecule has 0 spiro atoms. The van der Waals surface area contributed by atoms with Crippen LogP contribution in [-0.2, 0) is 22.0 Å². The van der Waals surface area contributed by atoms with Gasteiger partial charge in [0.25, 0.3) is 0 Å². The number of hydrogen-bond acceptors (Lipinski definition) is 3. The fourth-order valence-corrected chi connectivity index (χ4v) is 3.05. The normalized spacial score (nSPS) is 13.1. The first-order valence-electron chi connectivity index (χ1n) is 5.93. The summed E-state index contributed by atoms with van der Waals surface area (Å²) in [4.78, 5) is 0. The van der Waals surface area contributed by atoms with E-state index in [4.69, 9.17) is 5.26 Å². The first-order valence-corrected chi connectivity index (χ1v) is 7.54. The number of halogens is 6. The maximum Gasteiger partial charge on any atom is 0.416 e. The van der Waals surface area contributed by atoms with Gasteiger partial charge in [0, 0.05) is 0 Å². The van der Waals surface area contributed by atoms with Crippen LogP contribution < -0.4 is 0 Å². The van der Waals surface area contributed by atoms with Crippen molar-refractivity contribution in [3.8, 4) is 6.07 Å². The van der Waals surface area contributed by atoms with Crippen LogP contribution in [-0.4, -0.2) is 32.0 Å². The zero-order valence-electron chi connectivity index (χ0n) is 11.3. The van der Waals surface area contributed by atoms with E-state index in [-0.39, 0.29) is 9.87 Å². The van der Waals surface area contributed by atoms with Crippen LogP contribution in [0.25, 0.3) is 0 Å². The molecule has 0 N–H and O–H groups in total. The summed E-state index contributed by atoms with van der Waals surface area (Å²) < 4.78 is 98.4. The molecule has 128 valence electrons. The van der Waals surface area contributed by atoms with Gasteiger partial charge in [-0.1, -0.05) is 18.2 Å². The van der Waals surface area contributed by atoms with Crippen molar-refractivity contribution >= 4 is 10.0 Å². The summed E-state index contributed by atoms with van der Waals surface area (Å²) in [5.41, 5.74) is -1.45. The van der Waals surface area contributed by atoms with Crippen molar-refractivity contribution in [3.05, 3.63) is 35.4 Å². The van der Waals surface area contributed by atoms with Gasteiger partial charge < -0.3 is 0 Å². The molecule has 11 heteroatoms. The SMILES string of the molecule is N#CCN(CC(F)(F)F)S(=O)(=O)Cc1cccc(C(F)(F)F)c1. The van der Waals surface area contributed by atoms with E-state index in [0.717, 1.165) is 12.1 Å². The highest BCUT2D eigenvalue weighted by atomic mass is 32.2. The molecule has 0 fully saturated rings. The molecule has 1 aromatic rings. The van der Waals surface area contributed by atoms with Gasteiger partial charge in [0.15, 0.2) is 0 Å². The van der Waals surface area contributed by atoms with E-state index < -0.39 is 46.8 Å². The molecule has 0 saturated heterocycles. The van der Waals surface area contributed by atoms with E-state index in [0.29, 0.717) is 12.1 Å². The van der Waals surface area contributed by atoms with Gasteiger partial charge in [0.1, 0.15) is 13.1 Å². The zero-order chi connectivity index (χ0) is 17.9. The lowest BCUT2D eigenvalue weighted by Crippen LogP contribution is -2.39. The fourth-order valence-electron chi connectivity index (χ4n) is 1.67. The largest absolute Gasteiger partial charge is 0.416 e. The monoisotopic (exact) mass is 360 g/mol. The second kappa shape index (κ2) is 6.76. The smallest absolute Gasteiger partial charge is 0.212 e. The van der Waals surface area contributed by atoms with Crippen LogP contribution in [0.4, 0.5) is 26.3 Å². The van der Waals surface area contributed by atoms with Gasteiger partial charge in [0.2, 0.25) is 10.0 Å². The van der Waals surface area contributed by atoms with E-state index in [9.17, 15) is 34.8 Å². The van der Waals surface area contributed by atoms with Crippen LogP contribution in [0, 0.1) is 11.3 Å². The van der Waals surface area contributed by atoms with E-state index in [2.05, 4.69) is 0 Å². The van der Waals surface area contributed by atoms with Crippen molar-refractivity contribution in [1.82, 2.24) is 4.31 Å². The van der Waals surface area contributed by atoms with Crippen LogP contribution in [0.5, 0.6) is 0 Å². The van der Waals surface area contributed by atoms with E-state index >= 15 is 0 Å². The Morgan fingerprint density at radius 1 is 1.13 bits per heavy atom. The number of sulfonamides is 1. The quantitative estimate of drug-likeness (QED) is 0.599. The summed E-state index contributed by atoms with van der Waals surface area (Å²) in [6.07, 6.45) is -9.59. The molecule has 0 unspecified atom stereocenters. The van der Waals surface area contributed by atoms with Gasteiger partial charge in [-0.3, -0.25) is 0 Å². The molecule has 0 atom stereocenters. The first-order chi connectivity index (χ1) is 10.3. The molecule has 0 radical (unpaired) electrons. The second-order valence-corrected chi connectivity index (χ2v) is 6.46. The summed E-state index contributed by atoms with van der Waals surface area (Å²) in [7, 11) is -4.61. The Kier molecular flexibility index (Phi) is 5.65. The Balaban J connectivity index is 3.07. The molecule has 23 heavy (non-hydrogen) atoms. The summed E-state index contributed by atoms with van der Waals surface area (Å²) in [6, 6.07) is 4.53. The highest BCUT2D eigenvalue weighted by molar-refractivity contribution is 7.88. The van der Waals surface area contributed by atoms with Crippen molar-refractivity contribution in [2.24, 2.45) is 0 Å². The molecule has 1 aromatic carbocycles. The standard InChI is InChI=1S/C12H10F6N2O2S/c13-11(14,15)8-20(5-4-19)23(21,22)7-9-2-1-3-10(6-9)12(16,17)18/h1-3,6H,5,7-8H2. The minimum absolute atomic E-state index is 0.118. The van der Waals surface area contributed by atoms with Crippen LogP contribution in [0.3, 0.4) is 0 Å².